The summed E-state index contributed by atoms with van der Waals surface area (Å²) in [5, 5.41) is 0. The first-order valence-corrected chi connectivity index (χ1v) is 12.0. The molecule has 1 aromatic rings. The third kappa shape index (κ3) is 4.19. The van der Waals surface area contributed by atoms with Crippen LogP contribution in [0.2, 0.25) is 0 Å². The summed E-state index contributed by atoms with van der Waals surface area (Å²) in [5.74, 6) is 0.536. The molecule has 148 valence electrons. The Kier molecular flexibility index (Phi) is 5.50. The van der Waals surface area contributed by atoms with Crippen LogP contribution in [0.4, 0.5) is 0 Å². The van der Waals surface area contributed by atoms with Gasteiger partial charge in [0, 0.05) is 37.8 Å². The lowest BCUT2D eigenvalue weighted by atomic mass is 9.95. The molecule has 0 aromatic carbocycles. The van der Waals surface area contributed by atoms with Crippen LogP contribution in [0.1, 0.15) is 44.2 Å². The lowest BCUT2D eigenvalue weighted by Gasteiger charge is -2.44. The monoisotopic (exact) mass is 391 g/mol. The number of rotatable bonds is 3. The zero-order valence-electron chi connectivity index (χ0n) is 15.8. The van der Waals surface area contributed by atoms with E-state index in [-0.39, 0.29) is 35.4 Å². The first kappa shape index (κ1) is 18.9. The van der Waals surface area contributed by atoms with E-state index in [9.17, 15) is 13.2 Å². The molecule has 1 saturated carbocycles. The fraction of sp³-hybridized carbons (Fsp3) is 0.700. The van der Waals surface area contributed by atoms with E-state index >= 15 is 0 Å². The van der Waals surface area contributed by atoms with Crippen molar-refractivity contribution < 1.29 is 13.2 Å². The fourth-order valence-electron chi connectivity index (χ4n) is 4.96. The van der Waals surface area contributed by atoms with E-state index in [1.54, 1.807) is 6.20 Å². The first-order chi connectivity index (χ1) is 13.0. The molecule has 0 N–H and O–H groups in total. The van der Waals surface area contributed by atoms with E-state index in [1.807, 2.05) is 23.1 Å². The Morgan fingerprint density at radius 1 is 1.04 bits per heavy atom. The van der Waals surface area contributed by atoms with E-state index in [2.05, 4.69) is 9.88 Å². The first-order valence-electron chi connectivity index (χ1n) is 10.2. The summed E-state index contributed by atoms with van der Waals surface area (Å²) in [7, 11) is -3.11. The fourth-order valence-corrected chi connectivity index (χ4v) is 6.97. The Morgan fingerprint density at radius 3 is 2.48 bits per heavy atom. The Bertz CT molecular complexity index is 760. The molecule has 2 saturated heterocycles. The molecule has 7 heteroatoms. The predicted octanol–water partition coefficient (Wildman–Crippen LogP) is 1.86. The second-order valence-corrected chi connectivity index (χ2v) is 10.4. The number of hydrogen-bond donors (Lipinski definition) is 0. The van der Waals surface area contributed by atoms with Crippen LogP contribution in [0.15, 0.2) is 24.4 Å². The van der Waals surface area contributed by atoms with Crippen LogP contribution in [0, 0.1) is 5.92 Å². The van der Waals surface area contributed by atoms with Crippen LogP contribution in [-0.2, 0) is 21.2 Å². The van der Waals surface area contributed by atoms with Gasteiger partial charge in [0.2, 0.25) is 5.91 Å². The number of pyridine rings is 1. The maximum atomic E-state index is 13.2. The van der Waals surface area contributed by atoms with Gasteiger partial charge in [0.25, 0.3) is 0 Å². The minimum absolute atomic E-state index is 0.0822. The molecule has 6 nitrogen and oxygen atoms in total. The predicted molar refractivity (Wildman–Crippen MR) is 104 cm³/mol. The number of aromatic nitrogens is 1. The molecular formula is C20H29N3O3S. The minimum atomic E-state index is -3.11. The summed E-state index contributed by atoms with van der Waals surface area (Å²) in [6.45, 7) is 1.98. The summed E-state index contributed by atoms with van der Waals surface area (Å²) in [6.07, 6.45) is 8.33. The highest BCUT2D eigenvalue weighted by Gasteiger charge is 2.48. The van der Waals surface area contributed by atoms with Crippen molar-refractivity contribution in [3.63, 3.8) is 0 Å². The summed E-state index contributed by atoms with van der Waals surface area (Å²) >= 11 is 0. The van der Waals surface area contributed by atoms with Gasteiger partial charge >= 0.3 is 0 Å². The molecule has 3 heterocycles. The van der Waals surface area contributed by atoms with Crippen molar-refractivity contribution in [2.75, 3.05) is 24.6 Å². The van der Waals surface area contributed by atoms with Crippen molar-refractivity contribution >= 4 is 15.7 Å². The van der Waals surface area contributed by atoms with E-state index in [1.165, 1.54) is 12.8 Å². The molecule has 0 unspecified atom stereocenters. The number of hydrogen-bond acceptors (Lipinski definition) is 5. The molecule has 0 bridgehead atoms. The van der Waals surface area contributed by atoms with Gasteiger partial charge < -0.3 is 4.90 Å². The van der Waals surface area contributed by atoms with Gasteiger partial charge in [0.1, 0.15) is 0 Å². The van der Waals surface area contributed by atoms with Gasteiger partial charge in [0.05, 0.1) is 23.2 Å². The molecular weight excluding hydrogens is 362 g/mol. The highest BCUT2D eigenvalue weighted by atomic mass is 32.2. The smallest absolute Gasteiger partial charge is 0.226 e. The van der Waals surface area contributed by atoms with Crippen LogP contribution in [-0.4, -0.2) is 65.8 Å². The standard InChI is InChI=1S/C20H29N3O3S/c24-20(16-7-3-1-2-4-8-16)23-12-11-22(13-17-9-5-6-10-21-17)18-14-27(25,26)15-19(18)23/h5-6,9-10,16,18-19H,1-4,7-8,11-15H2/t18-,19+/m1/s1. The molecule has 3 fully saturated rings. The van der Waals surface area contributed by atoms with Crippen molar-refractivity contribution in [1.82, 2.24) is 14.8 Å². The van der Waals surface area contributed by atoms with Gasteiger partial charge in [-0.25, -0.2) is 8.42 Å². The van der Waals surface area contributed by atoms with E-state index in [0.717, 1.165) is 31.4 Å². The van der Waals surface area contributed by atoms with E-state index in [0.29, 0.717) is 19.6 Å². The number of nitrogens with zero attached hydrogens (tertiary/aromatic N) is 3. The third-order valence-corrected chi connectivity index (χ3v) is 8.07. The SMILES string of the molecule is O=C(C1CCCCCC1)N1CCN(Cc2ccccn2)[C@@H]2CS(=O)(=O)C[C@@H]21. The number of carbonyl (C=O) groups is 1. The topological polar surface area (TPSA) is 70.6 Å². The van der Waals surface area contributed by atoms with Crippen molar-refractivity contribution in [3.05, 3.63) is 30.1 Å². The molecule has 2 atom stereocenters. The molecule has 4 rings (SSSR count). The maximum Gasteiger partial charge on any atom is 0.226 e. The molecule has 0 spiro atoms. The van der Waals surface area contributed by atoms with Gasteiger partial charge in [-0.2, -0.15) is 0 Å². The maximum absolute atomic E-state index is 13.2. The zero-order valence-corrected chi connectivity index (χ0v) is 16.6. The Morgan fingerprint density at radius 2 is 1.78 bits per heavy atom. The lowest BCUT2D eigenvalue weighted by molar-refractivity contribution is -0.142. The van der Waals surface area contributed by atoms with Gasteiger partial charge in [-0.05, 0) is 25.0 Å². The normalized spacial score (nSPS) is 29.3. The van der Waals surface area contributed by atoms with Crippen LogP contribution in [0.5, 0.6) is 0 Å². The van der Waals surface area contributed by atoms with Crippen molar-refractivity contribution in [1.29, 1.82) is 0 Å². The minimum Gasteiger partial charge on any atom is -0.336 e. The quantitative estimate of drug-likeness (QED) is 0.736. The number of amides is 1. The van der Waals surface area contributed by atoms with Crippen LogP contribution in [0.3, 0.4) is 0 Å². The molecule has 27 heavy (non-hydrogen) atoms. The van der Waals surface area contributed by atoms with E-state index in [4.69, 9.17) is 0 Å². The Hall–Kier alpha value is -1.47. The molecule has 3 aliphatic rings. The van der Waals surface area contributed by atoms with Crippen molar-refractivity contribution in [2.45, 2.75) is 57.2 Å². The average molecular weight is 392 g/mol. The number of piperazine rings is 1. The second kappa shape index (κ2) is 7.87. The van der Waals surface area contributed by atoms with E-state index < -0.39 is 9.84 Å². The summed E-state index contributed by atoms with van der Waals surface area (Å²) < 4.78 is 24.8. The highest BCUT2D eigenvalue weighted by Crippen LogP contribution is 2.32. The third-order valence-electron chi connectivity index (χ3n) is 6.37. The van der Waals surface area contributed by atoms with Gasteiger partial charge in [-0.1, -0.05) is 31.7 Å². The van der Waals surface area contributed by atoms with Crippen molar-refractivity contribution in [2.24, 2.45) is 5.92 Å². The number of sulfone groups is 1. The molecule has 1 amide bonds. The molecule has 0 radical (unpaired) electrons. The second-order valence-electron chi connectivity index (χ2n) is 8.22. The number of fused-ring (bicyclic) bond motifs is 1. The Balaban J connectivity index is 1.52. The van der Waals surface area contributed by atoms with Crippen molar-refractivity contribution in [3.8, 4) is 0 Å². The summed E-state index contributed by atoms with van der Waals surface area (Å²) in [5.41, 5.74) is 0.948. The van der Waals surface area contributed by atoms with Gasteiger partial charge in [-0.3, -0.25) is 14.7 Å². The van der Waals surface area contributed by atoms with Gasteiger partial charge in [0.15, 0.2) is 9.84 Å². The van der Waals surface area contributed by atoms with Crippen LogP contribution < -0.4 is 0 Å². The highest BCUT2D eigenvalue weighted by molar-refractivity contribution is 7.91. The van der Waals surface area contributed by atoms with Gasteiger partial charge in [-0.15, -0.1) is 0 Å². The Labute approximate surface area is 161 Å². The summed E-state index contributed by atoms with van der Waals surface area (Å²) in [6, 6.07) is 5.50. The average Bonchev–Trinajstić information content (AvgIpc) is 2.83. The molecule has 1 aliphatic carbocycles. The zero-order chi connectivity index (χ0) is 18.9. The molecule has 1 aromatic heterocycles. The molecule has 2 aliphatic heterocycles. The number of carbonyl (C=O) groups excluding carboxylic acids is 1. The van der Waals surface area contributed by atoms with Crippen LogP contribution >= 0.6 is 0 Å². The largest absolute Gasteiger partial charge is 0.336 e. The lowest BCUT2D eigenvalue weighted by Crippen LogP contribution is -2.61. The summed E-state index contributed by atoms with van der Waals surface area (Å²) in [4.78, 5) is 21.7. The van der Waals surface area contributed by atoms with Crippen LogP contribution in [0.25, 0.3) is 0 Å².